The Morgan fingerprint density at radius 3 is 2.08 bits per heavy atom. The second-order valence-electron chi connectivity index (χ2n) is 1.89. The molecule has 0 aromatic heterocycles. The standard InChI is InChI=1S/C8H8O2.C2H2/c1-10-8-4-2-7(6-9)3-5-8;1-2/h2-6H,1H3;1-2H. The number of methoxy groups -OCH3 is 1. The molecular formula is C10H10O2. The number of carbonyl (C=O) groups excluding carboxylic acids is 1. The van der Waals surface area contributed by atoms with Crippen molar-refractivity contribution >= 4 is 6.29 Å². The third-order valence-corrected chi connectivity index (χ3v) is 1.25. The lowest BCUT2D eigenvalue weighted by molar-refractivity contribution is 0.112. The van der Waals surface area contributed by atoms with E-state index in [0.29, 0.717) is 5.56 Å². The fourth-order valence-electron chi connectivity index (χ4n) is 0.682. The number of rotatable bonds is 2. The third-order valence-electron chi connectivity index (χ3n) is 1.25. The summed E-state index contributed by atoms with van der Waals surface area (Å²) in [5, 5.41) is 0. The molecule has 1 rings (SSSR count). The van der Waals surface area contributed by atoms with Crippen LogP contribution in [-0.2, 0) is 0 Å². The van der Waals surface area contributed by atoms with Crippen LogP contribution in [0.25, 0.3) is 0 Å². The smallest absolute Gasteiger partial charge is 0.150 e. The van der Waals surface area contributed by atoms with Gasteiger partial charge < -0.3 is 4.74 Å². The van der Waals surface area contributed by atoms with Crippen molar-refractivity contribution < 1.29 is 9.53 Å². The molecule has 1 aromatic carbocycles. The normalized spacial score (nSPS) is 7.58. The van der Waals surface area contributed by atoms with Gasteiger partial charge in [-0.3, -0.25) is 4.79 Å². The van der Waals surface area contributed by atoms with Crippen LogP contribution in [0.5, 0.6) is 5.75 Å². The van der Waals surface area contributed by atoms with E-state index in [1.165, 1.54) is 0 Å². The average Bonchev–Trinajstić information content (AvgIpc) is 2.21. The van der Waals surface area contributed by atoms with E-state index in [4.69, 9.17) is 4.74 Å². The first-order valence-electron chi connectivity index (χ1n) is 3.29. The first kappa shape index (κ1) is 10.2. The zero-order valence-corrected chi connectivity index (χ0v) is 6.86. The van der Waals surface area contributed by atoms with E-state index in [9.17, 15) is 4.79 Å². The summed E-state index contributed by atoms with van der Waals surface area (Å²) in [6, 6.07) is 6.94. The second kappa shape index (κ2) is 5.99. The van der Waals surface area contributed by atoms with Crippen molar-refractivity contribution in [3.05, 3.63) is 29.8 Å². The SMILES string of the molecule is C#C.COc1ccc(C=O)cc1. The van der Waals surface area contributed by atoms with Crippen molar-refractivity contribution in [1.82, 2.24) is 0 Å². The van der Waals surface area contributed by atoms with Crippen LogP contribution in [0.15, 0.2) is 24.3 Å². The molecule has 12 heavy (non-hydrogen) atoms. The minimum atomic E-state index is 0.667. The van der Waals surface area contributed by atoms with E-state index in [0.717, 1.165) is 12.0 Å². The van der Waals surface area contributed by atoms with Gasteiger partial charge in [0.1, 0.15) is 12.0 Å². The molecule has 0 saturated carbocycles. The van der Waals surface area contributed by atoms with Gasteiger partial charge in [0.15, 0.2) is 0 Å². The molecule has 0 N–H and O–H groups in total. The molecular weight excluding hydrogens is 152 g/mol. The zero-order chi connectivity index (χ0) is 9.40. The molecule has 0 aliphatic heterocycles. The fraction of sp³-hybridized carbons (Fsp3) is 0.100. The molecule has 0 bridgehead atoms. The largest absolute Gasteiger partial charge is 0.497 e. The highest BCUT2D eigenvalue weighted by molar-refractivity contribution is 5.74. The third kappa shape index (κ3) is 2.89. The quantitative estimate of drug-likeness (QED) is 0.489. The summed E-state index contributed by atoms with van der Waals surface area (Å²) in [5.41, 5.74) is 0.667. The molecule has 2 nitrogen and oxygen atoms in total. The Labute approximate surface area is 72.2 Å². The number of ether oxygens (including phenoxy) is 1. The summed E-state index contributed by atoms with van der Waals surface area (Å²) in [4.78, 5) is 10.2. The molecule has 0 aliphatic carbocycles. The Hall–Kier alpha value is -1.75. The predicted molar refractivity (Wildman–Crippen MR) is 48.3 cm³/mol. The van der Waals surface area contributed by atoms with Gasteiger partial charge in [-0.1, -0.05) is 0 Å². The van der Waals surface area contributed by atoms with Gasteiger partial charge in [0.2, 0.25) is 0 Å². The highest BCUT2D eigenvalue weighted by Gasteiger charge is 1.89. The summed E-state index contributed by atoms with van der Waals surface area (Å²) >= 11 is 0. The van der Waals surface area contributed by atoms with Gasteiger partial charge in [0.25, 0.3) is 0 Å². The number of carbonyl (C=O) groups is 1. The summed E-state index contributed by atoms with van der Waals surface area (Å²) in [5.74, 6) is 0.769. The van der Waals surface area contributed by atoms with E-state index in [-0.39, 0.29) is 0 Å². The predicted octanol–water partition coefficient (Wildman–Crippen LogP) is 1.76. The lowest BCUT2D eigenvalue weighted by atomic mass is 10.2. The van der Waals surface area contributed by atoms with Crippen molar-refractivity contribution in [3.63, 3.8) is 0 Å². The number of benzene rings is 1. The molecule has 62 valence electrons. The van der Waals surface area contributed by atoms with E-state index in [2.05, 4.69) is 12.8 Å². The number of aldehydes is 1. The first-order chi connectivity index (χ1) is 5.86. The van der Waals surface area contributed by atoms with Gasteiger partial charge in [-0.2, -0.15) is 0 Å². The number of terminal acetylenes is 1. The molecule has 0 spiro atoms. The maximum atomic E-state index is 10.2. The highest BCUT2D eigenvalue weighted by Crippen LogP contribution is 2.09. The Balaban J connectivity index is 0.000000561. The minimum absolute atomic E-state index is 0.667. The molecule has 1 aromatic rings. The lowest BCUT2D eigenvalue weighted by Gasteiger charge is -1.96. The van der Waals surface area contributed by atoms with Gasteiger partial charge in [0, 0.05) is 5.56 Å². The summed E-state index contributed by atoms with van der Waals surface area (Å²) in [7, 11) is 1.59. The minimum Gasteiger partial charge on any atom is -0.497 e. The fourth-order valence-corrected chi connectivity index (χ4v) is 0.682. The van der Waals surface area contributed by atoms with Crippen LogP contribution < -0.4 is 4.74 Å². The summed E-state index contributed by atoms with van der Waals surface area (Å²) < 4.78 is 4.90. The van der Waals surface area contributed by atoms with Crippen LogP contribution >= 0.6 is 0 Å². The van der Waals surface area contributed by atoms with Crippen molar-refractivity contribution in [1.29, 1.82) is 0 Å². The number of hydrogen-bond donors (Lipinski definition) is 0. The Morgan fingerprint density at radius 2 is 1.75 bits per heavy atom. The zero-order valence-electron chi connectivity index (χ0n) is 6.86. The van der Waals surface area contributed by atoms with E-state index >= 15 is 0 Å². The second-order valence-corrected chi connectivity index (χ2v) is 1.89. The van der Waals surface area contributed by atoms with Crippen molar-refractivity contribution in [2.24, 2.45) is 0 Å². The maximum Gasteiger partial charge on any atom is 0.150 e. The Morgan fingerprint density at radius 1 is 1.25 bits per heavy atom. The molecule has 0 radical (unpaired) electrons. The van der Waals surface area contributed by atoms with Crippen molar-refractivity contribution in [3.8, 4) is 18.6 Å². The van der Waals surface area contributed by atoms with Gasteiger partial charge in [-0.15, -0.1) is 12.8 Å². The number of hydrogen-bond acceptors (Lipinski definition) is 2. The van der Waals surface area contributed by atoms with Crippen LogP contribution in [0.4, 0.5) is 0 Å². The van der Waals surface area contributed by atoms with Gasteiger partial charge >= 0.3 is 0 Å². The van der Waals surface area contributed by atoms with Crippen LogP contribution in [0.1, 0.15) is 10.4 Å². The topological polar surface area (TPSA) is 26.3 Å². The highest BCUT2D eigenvalue weighted by atomic mass is 16.5. The van der Waals surface area contributed by atoms with Crippen LogP contribution in [0.2, 0.25) is 0 Å². The first-order valence-corrected chi connectivity index (χ1v) is 3.29. The summed E-state index contributed by atoms with van der Waals surface area (Å²) in [6.45, 7) is 0. The Kier molecular flexibility index (Phi) is 5.12. The maximum absolute atomic E-state index is 10.2. The molecule has 0 heterocycles. The van der Waals surface area contributed by atoms with Crippen molar-refractivity contribution in [2.45, 2.75) is 0 Å². The van der Waals surface area contributed by atoms with E-state index in [1.807, 2.05) is 0 Å². The van der Waals surface area contributed by atoms with Crippen molar-refractivity contribution in [2.75, 3.05) is 7.11 Å². The molecule has 0 aliphatic rings. The molecule has 0 unspecified atom stereocenters. The van der Waals surface area contributed by atoms with Crippen LogP contribution in [0, 0.1) is 12.8 Å². The summed E-state index contributed by atoms with van der Waals surface area (Å²) in [6.07, 6.45) is 8.80. The van der Waals surface area contributed by atoms with E-state index in [1.54, 1.807) is 31.4 Å². The van der Waals surface area contributed by atoms with Gasteiger partial charge in [0.05, 0.1) is 7.11 Å². The monoisotopic (exact) mass is 162 g/mol. The average molecular weight is 162 g/mol. The molecule has 2 heteroatoms. The van der Waals surface area contributed by atoms with Gasteiger partial charge in [-0.05, 0) is 24.3 Å². The molecule has 0 amide bonds. The lowest BCUT2D eigenvalue weighted by Crippen LogP contribution is -1.82. The van der Waals surface area contributed by atoms with Crippen LogP contribution in [-0.4, -0.2) is 13.4 Å². The molecule has 0 atom stereocenters. The molecule has 0 saturated heterocycles. The van der Waals surface area contributed by atoms with Crippen LogP contribution in [0.3, 0.4) is 0 Å². The van der Waals surface area contributed by atoms with E-state index < -0.39 is 0 Å². The molecule has 0 fully saturated rings. The Bertz CT molecular complexity index is 246. The van der Waals surface area contributed by atoms with Gasteiger partial charge in [-0.25, -0.2) is 0 Å².